The van der Waals surface area contributed by atoms with Crippen molar-refractivity contribution in [1.82, 2.24) is 4.90 Å². The van der Waals surface area contributed by atoms with Gasteiger partial charge in [0.15, 0.2) is 5.78 Å². The van der Waals surface area contributed by atoms with Gasteiger partial charge in [0.25, 0.3) is 5.91 Å². The molecule has 1 saturated heterocycles. The Balaban J connectivity index is 1.55. The van der Waals surface area contributed by atoms with Crippen LogP contribution in [0.25, 0.3) is 6.08 Å². The quantitative estimate of drug-likeness (QED) is 0.589. The van der Waals surface area contributed by atoms with Crippen LogP contribution in [0.15, 0.2) is 48.5 Å². The molecule has 30 heavy (non-hydrogen) atoms. The van der Waals surface area contributed by atoms with Crippen LogP contribution in [0.3, 0.4) is 0 Å². The predicted molar refractivity (Wildman–Crippen MR) is 111 cm³/mol. The number of hydrogen-bond donors (Lipinski definition) is 1. The molecule has 1 heterocycles. The first-order valence-corrected chi connectivity index (χ1v) is 9.74. The molecule has 1 atom stereocenters. The van der Waals surface area contributed by atoms with Gasteiger partial charge in [0.05, 0.1) is 18.8 Å². The van der Waals surface area contributed by atoms with Gasteiger partial charge in [-0.25, -0.2) is 9.69 Å². The van der Waals surface area contributed by atoms with E-state index in [1.54, 1.807) is 42.4 Å². The number of urea groups is 1. The number of fused-ring (bicyclic) bond motifs is 1. The van der Waals surface area contributed by atoms with Crippen LogP contribution in [0.4, 0.5) is 10.5 Å². The number of anilines is 1. The molecule has 0 radical (unpaired) electrons. The molecule has 2 aromatic carbocycles. The van der Waals surface area contributed by atoms with E-state index in [0.29, 0.717) is 11.4 Å². The fourth-order valence-corrected chi connectivity index (χ4v) is 4.03. The number of methoxy groups -OCH3 is 1. The monoisotopic (exact) mass is 406 g/mol. The summed E-state index contributed by atoms with van der Waals surface area (Å²) in [6.45, 7) is -0.471. The average Bonchev–Trinajstić information content (AvgIpc) is 3.31. The molecular formula is C23H22N2O5. The molecule has 0 saturated carbocycles. The van der Waals surface area contributed by atoms with Crippen LogP contribution >= 0.6 is 0 Å². The van der Waals surface area contributed by atoms with Gasteiger partial charge < -0.3 is 14.7 Å². The Bertz CT molecular complexity index is 1030. The second kappa shape index (κ2) is 8.12. The summed E-state index contributed by atoms with van der Waals surface area (Å²) in [6, 6.07) is 12.2. The maximum atomic E-state index is 13.1. The number of hydrogen-bond acceptors (Lipinski definition) is 5. The Hall–Kier alpha value is -3.45. The molecule has 0 aromatic heterocycles. The van der Waals surface area contributed by atoms with Gasteiger partial charge in [-0.3, -0.25) is 9.59 Å². The number of carbonyl (C=O) groups is 3. The van der Waals surface area contributed by atoms with E-state index in [0.717, 1.165) is 29.5 Å². The number of carbonyl (C=O) groups excluding carboxylic acids is 3. The van der Waals surface area contributed by atoms with E-state index in [9.17, 15) is 14.4 Å². The van der Waals surface area contributed by atoms with Crippen molar-refractivity contribution in [2.75, 3.05) is 25.2 Å². The Morgan fingerprint density at radius 1 is 1.20 bits per heavy atom. The maximum Gasteiger partial charge on any atom is 0.332 e. The Labute approximate surface area is 174 Å². The standard InChI is InChI=1S/C23H22N2O5/c1-30-19-8-5-17(6-9-19)25-22(28)13-24(23(25)29)21-11-4-16-12-15(3-10-20(16)21)2-7-18(27)14-26/h2-3,5-10,12,21,26H,4,11,13-14H2,1H3/b7-2+. The lowest BCUT2D eigenvalue weighted by Crippen LogP contribution is -2.34. The van der Waals surface area contributed by atoms with E-state index in [4.69, 9.17) is 9.84 Å². The fourth-order valence-electron chi connectivity index (χ4n) is 4.03. The van der Waals surface area contributed by atoms with Crippen LogP contribution in [-0.2, 0) is 16.0 Å². The average molecular weight is 406 g/mol. The van der Waals surface area contributed by atoms with Crippen molar-refractivity contribution in [3.8, 4) is 5.75 Å². The Morgan fingerprint density at radius 2 is 1.97 bits per heavy atom. The zero-order valence-corrected chi connectivity index (χ0v) is 16.6. The molecule has 0 bridgehead atoms. The van der Waals surface area contributed by atoms with Crippen LogP contribution in [0, 0.1) is 0 Å². The van der Waals surface area contributed by atoms with Gasteiger partial charge in [0, 0.05) is 0 Å². The highest BCUT2D eigenvalue weighted by atomic mass is 16.5. The number of rotatable bonds is 6. The van der Waals surface area contributed by atoms with Gasteiger partial charge in [-0.2, -0.15) is 0 Å². The third-order valence-corrected chi connectivity index (χ3v) is 5.53. The van der Waals surface area contributed by atoms with Crippen LogP contribution < -0.4 is 9.64 Å². The van der Waals surface area contributed by atoms with Gasteiger partial charge in [-0.05, 0) is 59.9 Å². The van der Waals surface area contributed by atoms with Gasteiger partial charge >= 0.3 is 6.03 Å². The topological polar surface area (TPSA) is 87.2 Å². The first-order valence-electron chi connectivity index (χ1n) is 9.74. The number of aliphatic hydroxyl groups is 1. The van der Waals surface area contributed by atoms with E-state index in [1.807, 2.05) is 18.2 Å². The van der Waals surface area contributed by atoms with Crippen molar-refractivity contribution >= 4 is 29.5 Å². The molecule has 7 heteroatoms. The highest BCUT2D eigenvalue weighted by Crippen LogP contribution is 2.39. The van der Waals surface area contributed by atoms with Crippen molar-refractivity contribution in [3.63, 3.8) is 0 Å². The summed E-state index contributed by atoms with van der Waals surface area (Å²) in [4.78, 5) is 39.8. The molecular weight excluding hydrogens is 384 g/mol. The number of benzene rings is 2. The van der Waals surface area contributed by atoms with Gasteiger partial charge in [0.2, 0.25) is 0 Å². The molecule has 7 nitrogen and oxygen atoms in total. The summed E-state index contributed by atoms with van der Waals surface area (Å²) in [5.74, 6) is 0.0545. The van der Waals surface area contributed by atoms with Gasteiger partial charge in [0.1, 0.15) is 18.9 Å². The highest BCUT2D eigenvalue weighted by molar-refractivity contribution is 6.20. The third-order valence-electron chi connectivity index (χ3n) is 5.53. The minimum Gasteiger partial charge on any atom is -0.497 e. The van der Waals surface area contributed by atoms with Crippen molar-refractivity contribution in [2.45, 2.75) is 18.9 Å². The lowest BCUT2D eigenvalue weighted by Gasteiger charge is -2.24. The van der Waals surface area contributed by atoms with Crippen molar-refractivity contribution in [3.05, 3.63) is 65.2 Å². The Morgan fingerprint density at radius 3 is 2.67 bits per heavy atom. The number of ether oxygens (including phenoxy) is 1. The number of aliphatic hydroxyl groups excluding tert-OH is 1. The highest BCUT2D eigenvalue weighted by Gasteiger charge is 2.42. The number of nitrogens with zero attached hydrogens (tertiary/aromatic N) is 2. The van der Waals surface area contributed by atoms with Crippen molar-refractivity contribution < 1.29 is 24.2 Å². The molecule has 1 fully saturated rings. The van der Waals surface area contributed by atoms with E-state index in [-0.39, 0.29) is 30.3 Å². The second-order valence-corrected chi connectivity index (χ2v) is 7.31. The number of aryl methyl sites for hydroxylation is 1. The van der Waals surface area contributed by atoms with Crippen LogP contribution in [0.1, 0.15) is 29.2 Å². The largest absolute Gasteiger partial charge is 0.497 e. The predicted octanol–water partition coefficient (Wildman–Crippen LogP) is 2.73. The van der Waals surface area contributed by atoms with Crippen LogP contribution in [0.5, 0.6) is 5.75 Å². The molecule has 3 amide bonds. The molecule has 0 spiro atoms. The van der Waals surface area contributed by atoms with E-state index in [2.05, 4.69) is 0 Å². The lowest BCUT2D eigenvalue weighted by atomic mass is 10.0. The first-order chi connectivity index (χ1) is 14.5. The number of imide groups is 1. The summed E-state index contributed by atoms with van der Waals surface area (Å²) in [6.07, 6.45) is 4.55. The molecule has 1 N–H and O–H groups in total. The van der Waals surface area contributed by atoms with Crippen molar-refractivity contribution in [1.29, 1.82) is 0 Å². The third kappa shape index (κ3) is 3.59. The molecule has 2 aromatic rings. The summed E-state index contributed by atoms with van der Waals surface area (Å²) < 4.78 is 5.14. The normalized spacial score (nSPS) is 18.4. The fraction of sp³-hybridized carbons (Fsp3) is 0.261. The molecule has 1 aliphatic heterocycles. The van der Waals surface area contributed by atoms with E-state index < -0.39 is 6.61 Å². The summed E-state index contributed by atoms with van der Waals surface area (Å²) >= 11 is 0. The summed E-state index contributed by atoms with van der Waals surface area (Å²) in [5.41, 5.74) is 3.51. The lowest BCUT2D eigenvalue weighted by molar-refractivity contribution is -0.117. The zero-order chi connectivity index (χ0) is 21.3. The smallest absolute Gasteiger partial charge is 0.332 e. The number of ketones is 1. The minimum atomic E-state index is -0.515. The molecule has 1 unspecified atom stereocenters. The molecule has 154 valence electrons. The molecule has 1 aliphatic carbocycles. The van der Waals surface area contributed by atoms with Gasteiger partial charge in [-0.1, -0.05) is 24.3 Å². The maximum absolute atomic E-state index is 13.1. The van der Waals surface area contributed by atoms with Crippen LogP contribution in [-0.4, -0.2) is 48.0 Å². The summed E-state index contributed by atoms with van der Waals surface area (Å²) in [7, 11) is 1.56. The summed E-state index contributed by atoms with van der Waals surface area (Å²) in [5, 5.41) is 8.82. The van der Waals surface area contributed by atoms with Gasteiger partial charge in [-0.15, -0.1) is 0 Å². The minimum absolute atomic E-state index is 0.0433. The second-order valence-electron chi connectivity index (χ2n) is 7.31. The van der Waals surface area contributed by atoms with E-state index in [1.165, 1.54) is 11.0 Å². The number of amides is 3. The van der Waals surface area contributed by atoms with E-state index >= 15 is 0 Å². The Kier molecular flexibility index (Phi) is 5.37. The molecule has 2 aliphatic rings. The SMILES string of the molecule is COc1ccc(N2C(=O)CN(C3CCc4cc(/C=C/C(=O)CO)ccc43)C2=O)cc1. The first kappa shape index (κ1) is 19.8. The van der Waals surface area contributed by atoms with Crippen molar-refractivity contribution in [2.24, 2.45) is 0 Å². The molecule has 4 rings (SSSR count). The van der Waals surface area contributed by atoms with Crippen LogP contribution in [0.2, 0.25) is 0 Å². The zero-order valence-electron chi connectivity index (χ0n) is 16.6.